The first kappa shape index (κ1) is 12.7. The number of carbonyl (C=O) groups is 1. The Labute approximate surface area is 119 Å². The van der Waals surface area contributed by atoms with E-state index in [9.17, 15) is 4.79 Å². The lowest BCUT2D eigenvalue weighted by molar-refractivity contribution is 0.103. The van der Waals surface area contributed by atoms with E-state index in [4.69, 9.17) is 0 Å². The average Bonchev–Trinajstić information content (AvgIpc) is 2.90. The Bertz CT molecular complexity index is 579. The van der Waals surface area contributed by atoms with E-state index in [2.05, 4.69) is 15.3 Å². The smallest absolute Gasteiger partial charge is 0.269 e. The molecular weight excluding hydrogens is 278 g/mol. The minimum atomic E-state index is -0.0936. The van der Waals surface area contributed by atoms with Crippen molar-refractivity contribution >= 4 is 33.7 Å². The molecule has 1 aliphatic rings. The van der Waals surface area contributed by atoms with Crippen LogP contribution in [0.15, 0.2) is 5.51 Å². The molecule has 0 aliphatic heterocycles. The Morgan fingerprint density at radius 3 is 2.95 bits per heavy atom. The number of amides is 1. The molecule has 1 aliphatic carbocycles. The number of rotatable bonds is 2. The zero-order chi connectivity index (χ0) is 13.2. The second-order valence-corrected chi connectivity index (χ2v) is 6.61. The van der Waals surface area contributed by atoms with Crippen molar-refractivity contribution in [1.82, 2.24) is 9.97 Å². The lowest BCUT2D eigenvalue weighted by atomic mass is 10.2. The lowest BCUT2D eigenvalue weighted by Gasteiger charge is -1.99. The molecule has 4 nitrogen and oxygen atoms in total. The van der Waals surface area contributed by atoms with Gasteiger partial charge in [0.1, 0.15) is 4.88 Å². The highest BCUT2D eigenvalue weighted by molar-refractivity contribution is 7.16. The van der Waals surface area contributed by atoms with Gasteiger partial charge in [-0.2, -0.15) is 0 Å². The molecule has 0 aromatic carbocycles. The molecule has 100 valence electrons. The Hall–Kier alpha value is -1.27. The van der Waals surface area contributed by atoms with Crippen LogP contribution in [-0.2, 0) is 12.8 Å². The predicted molar refractivity (Wildman–Crippen MR) is 78.2 cm³/mol. The van der Waals surface area contributed by atoms with Gasteiger partial charge in [0.2, 0.25) is 0 Å². The van der Waals surface area contributed by atoms with Crippen LogP contribution in [0.4, 0.5) is 5.13 Å². The molecule has 1 amide bonds. The SMILES string of the molecule is Cc1ncsc1C(=O)Nc1nc2c(s1)CCCCC2. The molecular formula is C13H15N3OS2. The molecule has 0 atom stereocenters. The summed E-state index contributed by atoms with van der Waals surface area (Å²) >= 11 is 2.99. The van der Waals surface area contributed by atoms with E-state index in [1.54, 1.807) is 16.8 Å². The van der Waals surface area contributed by atoms with Crippen LogP contribution < -0.4 is 5.32 Å². The predicted octanol–water partition coefficient (Wildman–Crippen LogP) is 3.43. The highest BCUT2D eigenvalue weighted by atomic mass is 32.1. The fraction of sp³-hybridized carbons (Fsp3) is 0.462. The summed E-state index contributed by atoms with van der Waals surface area (Å²) in [5.74, 6) is -0.0936. The van der Waals surface area contributed by atoms with Gasteiger partial charge < -0.3 is 0 Å². The molecule has 3 rings (SSSR count). The van der Waals surface area contributed by atoms with Crippen molar-refractivity contribution in [3.63, 3.8) is 0 Å². The van der Waals surface area contributed by atoms with Crippen LogP contribution in [-0.4, -0.2) is 15.9 Å². The first-order chi connectivity index (χ1) is 9.24. The number of nitrogens with one attached hydrogen (secondary N) is 1. The average molecular weight is 293 g/mol. The van der Waals surface area contributed by atoms with Crippen LogP contribution in [0.3, 0.4) is 0 Å². The van der Waals surface area contributed by atoms with Crippen molar-refractivity contribution in [3.05, 3.63) is 26.7 Å². The van der Waals surface area contributed by atoms with Gasteiger partial charge in [0.25, 0.3) is 5.91 Å². The van der Waals surface area contributed by atoms with Crippen LogP contribution in [0.2, 0.25) is 0 Å². The summed E-state index contributed by atoms with van der Waals surface area (Å²) < 4.78 is 0. The van der Waals surface area contributed by atoms with Crippen molar-refractivity contribution in [3.8, 4) is 0 Å². The number of carbonyl (C=O) groups excluding carboxylic acids is 1. The highest BCUT2D eigenvalue weighted by Crippen LogP contribution is 2.29. The van der Waals surface area contributed by atoms with Gasteiger partial charge in [-0.1, -0.05) is 6.42 Å². The second kappa shape index (κ2) is 5.38. The lowest BCUT2D eigenvalue weighted by Crippen LogP contribution is -2.11. The molecule has 0 saturated carbocycles. The fourth-order valence-electron chi connectivity index (χ4n) is 2.26. The van der Waals surface area contributed by atoms with Crippen LogP contribution in [0.25, 0.3) is 0 Å². The van der Waals surface area contributed by atoms with Gasteiger partial charge in [-0.15, -0.1) is 22.7 Å². The van der Waals surface area contributed by atoms with E-state index < -0.39 is 0 Å². The third-order valence-electron chi connectivity index (χ3n) is 3.27. The molecule has 0 radical (unpaired) electrons. The third kappa shape index (κ3) is 2.69. The quantitative estimate of drug-likeness (QED) is 0.863. The van der Waals surface area contributed by atoms with Gasteiger partial charge in [-0.3, -0.25) is 10.1 Å². The Morgan fingerprint density at radius 1 is 1.32 bits per heavy atom. The molecule has 0 fully saturated rings. The Kier molecular flexibility index (Phi) is 3.61. The van der Waals surface area contributed by atoms with Gasteiger partial charge in [0, 0.05) is 4.88 Å². The molecule has 0 saturated heterocycles. The molecule has 0 bridgehead atoms. The number of thiazole rings is 2. The largest absolute Gasteiger partial charge is 0.297 e. The van der Waals surface area contributed by atoms with Crippen LogP contribution in [0.5, 0.6) is 0 Å². The number of hydrogen-bond donors (Lipinski definition) is 1. The monoisotopic (exact) mass is 293 g/mol. The fourth-order valence-corrected chi connectivity index (χ4v) is 4.00. The maximum atomic E-state index is 12.1. The summed E-state index contributed by atoms with van der Waals surface area (Å²) in [6.07, 6.45) is 5.86. The standard InChI is InChI=1S/C13H15N3OS2/c1-8-11(18-7-14-8)12(17)16-13-15-9-5-3-2-4-6-10(9)19-13/h7H,2-6H2,1H3,(H,15,16,17). The van der Waals surface area contributed by atoms with E-state index in [0.717, 1.165) is 23.7 Å². The molecule has 2 aromatic rings. The van der Waals surface area contributed by atoms with Crippen molar-refractivity contribution in [2.24, 2.45) is 0 Å². The minimum absolute atomic E-state index is 0.0936. The molecule has 2 aromatic heterocycles. The van der Waals surface area contributed by atoms with Gasteiger partial charge in [0.15, 0.2) is 5.13 Å². The van der Waals surface area contributed by atoms with Crippen molar-refractivity contribution in [1.29, 1.82) is 0 Å². The van der Waals surface area contributed by atoms with E-state index in [1.165, 1.54) is 41.2 Å². The topological polar surface area (TPSA) is 54.9 Å². The molecule has 19 heavy (non-hydrogen) atoms. The zero-order valence-corrected chi connectivity index (χ0v) is 12.4. The number of hydrogen-bond acceptors (Lipinski definition) is 5. The number of fused-ring (bicyclic) bond motifs is 1. The van der Waals surface area contributed by atoms with E-state index in [1.807, 2.05) is 6.92 Å². The summed E-state index contributed by atoms with van der Waals surface area (Å²) in [7, 11) is 0. The van der Waals surface area contributed by atoms with Crippen LogP contribution >= 0.6 is 22.7 Å². The summed E-state index contributed by atoms with van der Waals surface area (Å²) in [6, 6.07) is 0. The molecule has 1 N–H and O–H groups in total. The first-order valence-corrected chi connectivity index (χ1v) is 8.13. The molecule has 0 unspecified atom stereocenters. The van der Waals surface area contributed by atoms with Crippen molar-refractivity contribution in [2.75, 3.05) is 5.32 Å². The second-order valence-electron chi connectivity index (χ2n) is 4.67. The zero-order valence-electron chi connectivity index (χ0n) is 10.7. The number of aryl methyl sites for hydroxylation is 3. The minimum Gasteiger partial charge on any atom is -0.297 e. The van der Waals surface area contributed by atoms with Gasteiger partial charge in [0.05, 0.1) is 16.9 Å². The maximum Gasteiger partial charge on any atom is 0.269 e. The molecule has 6 heteroatoms. The third-order valence-corrected chi connectivity index (χ3v) is 5.27. The molecule has 0 spiro atoms. The van der Waals surface area contributed by atoms with Gasteiger partial charge >= 0.3 is 0 Å². The van der Waals surface area contributed by atoms with Gasteiger partial charge in [-0.05, 0) is 32.6 Å². The van der Waals surface area contributed by atoms with Crippen molar-refractivity contribution < 1.29 is 4.79 Å². The van der Waals surface area contributed by atoms with E-state index in [0.29, 0.717) is 4.88 Å². The number of nitrogens with zero attached hydrogens (tertiary/aromatic N) is 2. The maximum absolute atomic E-state index is 12.1. The first-order valence-electron chi connectivity index (χ1n) is 6.44. The number of aromatic nitrogens is 2. The van der Waals surface area contributed by atoms with Crippen molar-refractivity contribution in [2.45, 2.75) is 39.0 Å². The van der Waals surface area contributed by atoms with E-state index in [-0.39, 0.29) is 5.91 Å². The summed E-state index contributed by atoms with van der Waals surface area (Å²) in [4.78, 5) is 22.8. The van der Waals surface area contributed by atoms with Crippen LogP contribution in [0, 0.1) is 6.92 Å². The normalized spacial score (nSPS) is 14.8. The van der Waals surface area contributed by atoms with E-state index >= 15 is 0 Å². The summed E-state index contributed by atoms with van der Waals surface area (Å²) in [6.45, 7) is 1.85. The Morgan fingerprint density at radius 2 is 2.16 bits per heavy atom. The summed E-state index contributed by atoms with van der Waals surface area (Å²) in [5, 5.41) is 3.63. The Balaban J connectivity index is 1.77. The van der Waals surface area contributed by atoms with Crippen LogP contribution in [0.1, 0.15) is 45.2 Å². The highest BCUT2D eigenvalue weighted by Gasteiger charge is 2.17. The summed E-state index contributed by atoms with van der Waals surface area (Å²) in [5.41, 5.74) is 3.65. The van der Waals surface area contributed by atoms with Gasteiger partial charge in [-0.25, -0.2) is 9.97 Å². The number of anilines is 1. The molecule has 2 heterocycles.